The van der Waals surface area contributed by atoms with Gasteiger partial charge in [0.15, 0.2) is 0 Å². The molecule has 1 heterocycles. The lowest BCUT2D eigenvalue weighted by atomic mass is 10.1. The maximum Gasteiger partial charge on any atom is 0.363 e. The highest BCUT2D eigenvalue weighted by Crippen LogP contribution is 2.25. The van der Waals surface area contributed by atoms with Gasteiger partial charge in [-0.2, -0.15) is 0 Å². The van der Waals surface area contributed by atoms with Gasteiger partial charge in [-0.05, 0) is 48.9 Å². The van der Waals surface area contributed by atoms with Crippen LogP contribution in [0.25, 0.3) is 0 Å². The van der Waals surface area contributed by atoms with Gasteiger partial charge in [-0.3, -0.25) is 9.59 Å². The monoisotopic (exact) mass is 387 g/mol. The first-order valence-electron chi connectivity index (χ1n) is 9.06. The molecule has 0 N–H and O–H groups in total. The van der Waals surface area contributed by atoms with Gasteiger partial charge in [0.1, 0.15) is 11.9 Å². The summed E-state index contributed by atoms with van der Waals surface area (Å²) in [6, 6.07) is 22.4. The van der Waals surface area contributed by atoms with Gasteiger partial charge in [-0.25, -0.2) is 4.79 Å². The van der Waals surface area contributed by atoms with Gasteiger partial charge in [0.25, 0.3) is 11.8 Å². The summed E-state index contributed by atoms with van der Waals surface area (Å²) in [6.45, 7) is 1.93. The van der Waals surface area contributed by atoms with E-state index in [4.69, 9.17) is 9.57 Å². The van der Waals surface area contributed by atoms with E-state index >= 15 is 0 Å². The van der Waals surface area contributed by atoms with Crippen molar-refractivity contribution in [2.75, 3.05) is 0 Å². The van der Waals surface area contributed by atoms with Gasteiger partial charge in [-0.15, -0.1) is 0 Å². The minimum Gasteiger partial charge on any atom is -0.486 e. The Hall–Kier alpha value is -3.93. The highest BCUT2D eigenvalue weighted by Gasteiger charge is 2.38. The Morgan fingerprint density at radius 1 is 0.793 bits per heavy atom. The second kappa shape index (κ2) is 7.59. The Morgan fingerprint density at radius 2 is 1.34 bits per heavy atom. The first-order chi connectivity index (χ1) is 14.0. The highest BCUT2D eigenvalue weighted by molar-refractivity contribution is 6.21. The van der Waals surface area contributed by atoms with Crippen LogP contribution in [0.15, 0.2) is 78.9 Å². The van der Waals surface area contributed by atoms with Crippen LogP contribution in [0.5, 0.6) is 5.75 Å². The van der Waals surface area contributed by atoms with Crippen molar-refractivity contribution < 1.29 is 24.0 Å². The maximum atomic E-state index is 12.4. The quantitative estimate of drug-likeness (QED) is 0.614. The van der Waals surface area contributed by atoms with Gasteiger partial charge in [0.05, 0.1) is 16.7 Å². The number of hydrogen-bond acceptors (Lipinski definition) is 5. The number of benzene rings is 3. The zero-order valence-corrected chi connectivity index (χ0v) is 15.6. The van der Waals surface area contributed by atoms with E-state index in [9.17, 15) is 14.4 Å². The van der Waals surface area contributed by atoms with Crippen molar-refractivity contribution in [3.8, 4) is 5.75 Å². The minimum absolute atomic E-state index is 0.160. The highest BCUT2D eigenvalue weighted by atomic mass is 16.7. The Morgan fingerprint density at radius 3 is 1.93 bits per heavy atom. The molecule has 6 heteroatoms. The van der Waals surface area contributed by atoms with Crippen molar-refractivity contribution in [1.29, 1.82) is 0 Å². The van der Waals surface area contributed by atoms with Crippen molar-refractivity contribution in [3.63, 3.8) is 0 Å². The molecule has 0 spiro atoms. The van der Waals surface area contributed by atoms with Crippen LogP contribution in [-0.4, -0.2) is 22.8 Å². The lowest BCUT2D eigenvalue weighted by Gasteiger charge is -2.16. The van der Waals surface area contributed by atoms with E-state index in [1.165, 1.54) is 24.3 Å². The van der Waals surface area contributed by atoms with Crippen molar-refractivity contribution in [2.24, 2.45) is 0 Å². The van der Waals surface area contributed by atoms with E-state index in [2.05, 4.69) is 0 Å². The van der Waals surface area contributed by atoms with Crippen LogP contribution in [0.1, 0.15) is 49.7 Å². The normalized spacial score (nSPS) is 13.8. The zero-order valence-electron chi connectivity index (χ0n) is 15.6. The number of rotatable bonds is 5. The van der Waals surface area contributed by atoms with Gasteiger partial charge < -0.3 is 9.57 Å². The van der Waals surface area contributed by atoms with E-state index in [0.29, 0.717) is 10.8 Å². The average molecular weight is 387 g/mol. The molecule has 4 rings (SSSR count). The number of amides is 2. The van der Waals surface area contributed by atoms with Crippen molar-refractivity contribution in [3.05, 3.63) is 101 Å². The molecule has 0 fully saturated rings. The molecule has 0 radical (unpaired) electrons. The molecule has 144 valence electrons. The van der Waals surface area contributed by atoms with Crippen LogP contribution in [0.2, 0.25) is 0 Å². The van der Waals surface area contributed by atoms with E-state index < -0.39 is 17.8 Å². The van der Waals surface area contributed by atoms with Crippen LogP contribution < -0.4 is 4.74 Å². The molecule has 1 aliphatic rings. The number of hydrogen-bond donors (Lipinski definition) is 0. The van der Waals surface area contributed by atoms with Gasteiger partial charge in [0, 0.05) is 0 Å². The minimum atomic E-state index is -0.804. The summed E-state index contributed by atoms with van der Waals surface area (Å²) in [5.74, 6) is -1.54. The number of hydroxylamine groups is 2. The molecule has 0 bridgehead atoms. The zero-order chi connectivity index (χ0) is 20.4. The number of carbonyl (C=O) groups is 3. The topological polar surface area (TPSA) is 72.9 Å². The molecule has 6 nitrogen and oxygen atoms in total. The molecule has 1 aliphatic heterocycles. The van der Waals surface area contributed by atoms with Gasteiger partial charge >= 0.3 is 5.97 Å². The molecule has 0 aromatic heterocycles. The predicted octanol–water partition coefficient (Wildman–Crippen LogP) is 4.19. The Balaban J connectivity index is 1.43. The number of ether oxygens (including phenoxy) is 1. The molecular formula is C23H17NO5. The fraction of sp³-hybridized carbons (Fsp3) is 0.0870. The summed E-state index contributed by atoms with van der Waals surface area (Å²) >= 11 is 0. The lowest BCUT2D eigenvalue weighted by molar-refractivity contribution is -0.0584. The first-order valence-corrected chi connectivity index (χ1v) is 9.06. The molecule has 1 atom stereocenters. The van der Waals surface area contributed by atoms with Crippen LogP contribution in [0.4, 0.5) is 0 Å². The van der Waals surface area contributed by atoms with E-state index in [1.54, 1.807) is 24.3 Å². The number of nitrogens with zero attached hydrogens (tertiary/aromatic N) is 1. The largest absolute Gasteiger partial charge is 0.486 e. The molecule has 0 aliphatic carbocycles. The average Bonchev–Trinajstić information content (AvgIpc) is 3.00. The first kappa shape index (κ1) is 18.4. The summed E-state index contributed by atoms with van der Waals surface area (Å²) < 4.78 is 5.87. The van der Waals surface area contributed by atoms with E-state index in [-0.39, 0.29) is 22.8 Å². The molecule has 3 aromatic carbocycles. The predicted molar refractivity (Wildman–Crippen MR) is 104 cm³/mol. The molecule has 0 saturated heterocycles. The Kier molecular flexibility index (Phi) is 4.83. The van der Waals surface area contributed by atoms with Crippen molar-refractivity contribution in [2.45, 2.75) is 13.0 Å². The molecule has 1 unspecified atom stereocenters. The molecule has 3 aromatic rings. The molecule has 0 saturated carbocycles. The SMILES string of the molecule is CC(Oc1ccc(C(=O)ON2C(=O)c3ccccc3C2=O)cc1)c1ccccc1. The maximum absolute atomic E-state index is 12.4. The number of carbonyl (C=O) groups excluding carboxylic acids is 3. The standard InChI is InChI=1S/C23H17NO5/c1-15(16-7-3-2-4-8-16)28-18-13-11-17(12-14-18)23(27)29-24-21(25)19-9-5-6-10-20(19)22(24)26/h2-15H,1H3. The number of fused-ring (bicyclic) bond motifs is 1. The second-order valence-electron chi connectivity index (χ2n) is 6.52. The molecule has 2 amide bonds. The van der Waals surface area contributed by atoms with Crippen LogP contribution >= 0.6 is 0 Å². The van der Waals surface area contributed by atoms with E-state index in [0.717, 1.165) is 5.56 Å². The Labute approximate surface area is 167 Å². The van der Waals surface area contributed by atoms with Gasteiger partial charge in [0.2, 0.25) is 0 Å². The van der Waals surface area contributed by atoms with Crippen molar-refractivity contribution >= 4 is 17.8 Å². The molecule has 29 heavy (non-hydrogen) atoms. The second-order valence-corrected chi connectivity index (χ2v) is 6.52. The van der Waals surface area contributed by atoms with Crippen LogP contribution in [-0.2, 0) is 4.84 Å². The van der Waals surface area contributed by atoms with Crippen LogP contribution in [0.3, 0.4) is 0 Å². The number of imide groups is 1. The third kappa shape index (κ3) is 3.60. The lowest BCUT2D eigenvalue weighted by Crippen LogP contribution is -2.32. The summed E-state index contributed by atoms with van der Waals surface area (Å²) in [6.07, 6.45) is -0.160. The smallest absolute Gasteiger partial charge is 0.363 e. The summed E-state index contributed by atoms with van der Waals surface area (Å²) in [7, 11) is 0. The van der Waals surface area contributed by atoms with Crippen LogP contribution in [0, 0.1) is 0 Å². The van der Waals surface area contributed by atoms with Gasteiger partial charge in [-0.1, -0.05) is 47.5 Å². The van der Waals surface area contributed by atoms with E-state index in [1.807, 2.05) is 37.3 Å². The molecular weight excluding hydrogens is 370 g/mol. The van der Waals surface area contributed by atoms with Crippen molar-refractivity contribution in [1.82, 2.24) is 5.06 Å². The summed E-state index contributed by atoms with van der Waals surface area (Å²) in [4.78, 5) is 42.0. The fourth-order valence-corrected chi connectivity index (χ4v) is 3.05. The Bertz CT molecular complexity index is 1040. The third-order valence-corrected chi connectivity index (χ3v) is 4.60. The summed E-state index contributed by atoms with van der Waals surface area (Å²) in [5.41, 5.74) is 1.65. The fourth-order valence-electron chi connectivity index (χ4n) is 3.05. The third-order valence-electron chi connectivity index (χ3n) is 4.60. The summed E-state index contributed by atoms with van der Waals surface area (Å²) in [5, 5.41) is 0.495.